The van der Waals surface area contributed by atoms with Gasteiger partial charge < -0.3 is 15.0 Å². The lowest BCUT2D eigenvalue weighted by Gasteiger charge is -2.38. The number of benzene rings is 2. The Hall–Kier alpha value is -3.52. The number of aliphatic imine (C=N–C) groups is 1. The van der Waals surface area contributed by atoms with Crippen LogP contribution in [0, 0.1) is 5.41 Å². The number of carbonyl (C=O) groups excluding carboxylic acids is 1. The van der Waals surface area contributed by atoms with Crippen LogP contribution in [0.5, 0.6) is 0 Å². The molecule has 0 bridgehead atoms. The average molecular weight is 448 g/mol. The number of H-pyrrole nitrogens is 1. The Bertz CT molecular complexity index is 1320. The fraction of sp³-hybridized carbons (Fsp3) is 0.360. The third kappa shape index (κ3) is 4.26. The summed E-state index contributed by atoms with van der Waals surface area (Å²) in [6.07, 6.45) is 2.38. The van der Waals surface area contributed by atoms with E-state index in [1.807, 2.05) is 37.3 Å². The van der Waals surface area contributed by atoms with Crippen molar-refractivity contribution in [1.29, 1.82) is 5.41 Å². The molecule has 1 aliphatic rings. The lowest BCUT2D eigenvalue weighted by atomic mass is 9.84. The van der Waals surface area contributed by atoms with Crippen molar-refractivity contribution in [3.63, 3.8) is 0 Å². The summed E-state index contributed by atoms with van der Waals surface area (Å²) < 4.78 is 1.55. The van der Waals surface area contributed by atoms with Crippen molar-refractivity contribution in [2.45, 2.75) is 38.2 Å². The molecule has 33 heavy (non-hydrogen) atoms. The number of likely N-dealkylation sites (tertiary alicyclic amines) is 1. The van der Waals surface area contributed by atoms with Gasteiger partial charge in [0, 0.05) is 32.1 Å². The minimum atomic E-state index is -0.933. The van der Waals surface area contributed by atoms with Crippen molar-refractivity contribution in [2.24, 2.45) is 4.99 Å². The van der Waals surface area contributed by atoms with Gasteiger partial charge in [0.1, 0.15) is 5.84 Å². The fourth-order valence-electron chi connectivity index (χ4n) is 4.48. The molecule has 3 N–H and O–H groups in total. The number of amides is 1. The number of nitrogens with zero attached hydrogens (tertiary/aromatic N) is 3. The number of nitrogens with one attached hydrogen (secondary N) is 2. The first-order chi connectivity index (χ1) is 15.9. The smallest absolute Gasteiger partial charge is 0.291 e. The Morgan fingerprint density at radius 1 is 1.18 bits per heavy atom. The predicted octanol–water partition coefficient (Wildman–Crippen LogP) is 2.61. The van der Waals surface area contributed by atoms with Gasteiger partial charge in [0.2, 0.25) is 0 Å². The highest BCUT2D eigenvalue weighted by Crippen LogP contribution is 2.33. The summed E-state index contributed by atoms with van der Waals surface area (Å²) in [6.45, 7) is 2.89. The first-order valence-electron chi connectivity index (χ1n) is 11.2. The summed E-state index contributed by atoms with van der Waals surface area (Å²) in [4.78, 5) is 34.4. The van der Waals surface area contributed by atoms with Crippen LogP contribution in [0.4, 0.5) is 0 Å². The molecule has 1 amide bonds. The molecule has 0 saturated carbocycles. The van der Waals surface area contributed by atoms with Gasteiger partial charge in [-0.1, -0.05) is 37.3 Å². The van der Waals surface area contributed by atoms with Crippen molar-refractivity contribution < 1.29 is 9.90 Å². The van der Waals surface area contributed by atoms with E-state index in [4.69, 9.17) is 5.41 Å². The van der Waals surface area contributed by atoms with E-state index >= 15 is 0 Å². The second kappa shape index (κ2) is 9.15. The molecule has 0 aliphatic carbocycles. The average Bonchev–Trinajstić information content (AvgIpc) is 2.84. The number of aliphatic hydroxyl groups is 1. The van der Waals surface area contributed by atoms with Gasteiger partial charge in [-0.15, -0.1) is 0 Å². The van der Waals surface area contributed by atoms with Crippen LogP contribution in [0.25, 0.3) is 11.0 Å². The van der Waals surface area contributed by atoms with Crippen molar-refractivity contribution >= 4 is 22.8 Å². The molecule has 4 rings (SSSR count). The van der Waals surface area contributed by atoms with Crippen LogP contribution in [0.1, 0.15) is 48.5 Å². The normalized spacial score (nSPS) is 16.2. The van der Waals surface area contributed by atoms with Crippen LogP contribution in [-0.4, -0.2) is 51.4 Å². The molecule has 2 aromatic carbocycles. The molecule has 3 aromatic rings. The van der Waals surface area contributed by atoms with Gasteiger partial charge in [-0.25, -0.2) is 0 Å². The summed E-state index contributed by atoms with van der Waals surface area (Å²) in [6, 6.07) is 14.7. The van der Waals surface area contributed by atoms with Gasteiger partial charge >= 0.3 is 0 Å². The van der Waals surface area contributed by atoms with Crippen molar-refractivity contribution in [3.05, 3.63) is 75.5 Å². The number of carbonyl (C=O) groups is 1. The van der Waals surface area contributed by atoms with E-state index in [-0.39, 0.29) is 11.4 Å². The quantitative estimate of drug-likeness (QED) is 0.422. The highest BCUT2D eigenvalue weighted by atomic mass is 16.3. The number of piperidine rings is 1. The van der Waals surface area contributed by atoms with Gasteiger partial charge in [0.15, 0.2) is 5.49 Å². The number of fused-ring (bicyclic) bond motifs is 1. The molecule has 1 fully saturated rings. The minimum absolute atomic E-state index is 0.146. The topological polar surface area (TPSA) is 115 Å². The summed E-state index contributed by atoms with van der Waals surface area (Å²) in [5, 5.41) is 19.3. The molecule has 8 heteroatoms. The van der Waals surface area contributed by atoms with Crippen molar-refractivity contribution in [3.8, 4) is 0 Å². The van der Waals surface area contributed by atoms with Gasteiger partial charge in [-0.3, -0.25) is 24.6 Å². The standard InChI is InChI=1S/C25H29N5O3/c1-3-7-21(27-2)30-20-11-10-17(16-19(20)28-23(31)22(30)26)24(32)29-14-12-25(33,13-15-29)18-8-5-4-6-9-18/h4-6,8-11,16,26,33H,3,7,12-15H2,1-2H3,(H,28,31). The molecule has 0 atom stereocenters. The highest BCUT2D eigenvalue weighted by Gasteiger charge is 2.35. The highest BCUT2D eigenvalue weighted by molar-refractivity contribution is 5.99. The van der Waals surface area contributed by atoms with E-state index in [9.17, 15) is 14.7 Å². The molecule has 2 heterocycles. The number of rotatable bonds is 4. The van der Waals surface area contributed by atoms with Gasteiger partial charge in [-0.05, 0) is 43.0 Å². The summed E-state index contributed by atoms with van der Waals surface area (Å²) in [7, 11) is 1.65. The summed E-state index contributed by atoms with van der Waals surface area (Å²) in [5.74, 6) is 0.487. The second-order valence-electron chi connectivity index (χ2n) is 8.45. The van der Waals surface area contributed by atoms with E-state index in [2.05, 4.69) is 9.98 Å². The Morgan fingerprint density at radius 3 is 2.52 bits per heavy atom. The van der Waals surface area contributed by atoms with Crippen molar-refractivity contribution in [1.82, 2.24) is 14.5 Å². The molecule has 1 aliphatic heterocycles. The van der Waals surface area contributed by atoms with E-state index in [0.717, 1.165) is 12.0 Å². The first kappa shape index (κ1) is 22.7. The number of hydrogen-bond acceptors (Lipinski definition) is 5. The molecular weight excluding hydrogens is 418 g/mol. The molecule has 0 spiro atoms. The number of aromatic nitrogens is 2. The van der Waals surface area contributed by atoms with Crippen LogP contribution in [-0.2, 0) is 5.60 Å². The van der Waals surface area contributed by atoms with E-state index < -0.39 is 11.2 Å². The minimum Gasteiger partial charge on any atom is -0.385 e. The van der Waals surface area contributed by atoms with Gasteiger partial charge in [0.25, 0.3) is 11.5 Å². The first-order valence-corrected chi connectivity index (χ1v) is 11.2. The van der Waals surface area contributed by atoms with E-state index in [1.54, 1.807) is 34.7 Å². The van der Waals surface area contributed by atoms with Gasteiger partial charge in [-0.2, -0.15) is 0 Å². The lowest BCUT2D eigenvalue weighted by Crippen LogP contribution is -2.45. The Balaban J connectivity index is 1.62. The Kier molecular flexibility index (Phi) is 6.29. The zero-order chi connectivity index (χ0) is 23.6. The van der Waals surface area contributed by atoms with Crippen molar-refractivity contribution in [2.75, 3.05) is 20.1 Å². The maximum atomic E-state index is 13.2. The SMILES string of the molecule is CCCC(=NC)n1c(=N)c(=O)[nH]c2cc(C(=O)N3CCC(O)(c4ccccc4)CC3)ccc21. The van der Waals surface area contributed by atoms with E-state index in [1.165, 1.54) is 0 Å². The molecule has 1 saturated heterocycles. The summed E-state index contributed by atoms with van der Waals surface area (Å²) >= 11 is 0. The Labute approximate surface area is 191 Å². The molecule has 1 aromatic heterocycles. The fourth-order valence-corrected chi connectivity index (χ4v) is 4.48. The van der Waals surface area contributed by atoms with Crippen LogP contribution < -0.4 is 11.0 Å². The summed E-state index contributed by atoms with van der Waals surface area (Å²) in [5.41, 5.74) is 0.786. The Morgan fingerprint density at radius 2 is 1.88 bits per heavy atom. The van der Waals surface area contributed by atoms with Crippen LogP contribution in [0.3, 0.4) is 0 Å². The molecule has 172 valence electrons. The predicted molar refractivity (Wildman–Crippen MR) is 128 cm³/mol. The van der Waals surface area contributed by atoms with E-state index in [0.29, 0.717) is 54.8 Å². The third-order valence-electron chi connectivity index (χ3n) is 6.35. The second-order valence-corrected chi connectivity index (χ2v) is 8.45. The van der Waals surface area contributed by atoms with Crippen LogP contribution >= 0.6 is 0 Å². The maximum absolute atomic E-state index is 13.2. The third-order valence-corrected chi connectivity index (χ3v) is 6.35. The maximum Gasteiger partial charge on any atom is 0.291 e. The molecule has 8 nitrogen and oxygen atoms in total. The monoisotopic (exact) mass is 447 g/mol. The molecule has 0 unspecified atom stereocenters. The zero-order valence-corrected chi connectivity index (χ0v) is 19.0. The largest absolute Gasteiger partial charge is 0.385 e. The number of hydrogen-bond donors (Lipinski definition) is 3. The lowest BCUT2D eigenvalue weighted by molar-refractivity contribution is -0.0211. The van der Waals surface area contributed by atoms with Gasteiger partial charge in [0.05, 0.1) is 16.6 Å². The zero-order valence-electron chi connectivity index (χ0n) is 19.0. The number of aromatic amines is 1. The molecule has 0 radical (unpaired) electrons. The van der Waals surface area contributed by atoms with Crippen LogP contribution in [0.2, 0.25) is 0 Å². The molecular formula is C25H29N5O3. The van der Waals surface area contributed by atoms with Crippen LogP contribution in [0.15, 0.2) is 58.3 Å².